The van der Waals surface area contributed by atoms with Crippen LogP contribution in [0.2, 0.25) is 0 Å². The Morgan fingerprint density at radius 3 is 1.48 bits per heavy atom. The molecule has 6 aromatic rings. The van der Waals surface area contributed by atoms with E-state index < -0.39 is 5.97 Å². The number of aryl methyl sites for hydroxylation is 4. The summed E-state index contributed by atoms with van der Waals surface area (Å²) in [5.41, 5.74) is 12.1. The highest BCUT2D eigenvalue weighted by Gasteiger charge is 2.36. The summed E-state index contributed by atoms with van der Waals surface area (Å²) in [6.45, 7) is 25.0. The van der Waals surface area contributed by atoms with Crippen molar-refractivity contribution in [1.82, 2.24) is 0 Å². The maximum Gasteiger partial charge on any atom is 0.333 e. The van der Waals surface area contributed by atoms with E-state index in [1.54, 1.807) is 17.4 Å². The molecule has 5 heterocycles. The normalized spacial score (nSPS) is 13.1. The second-order valence-corrected chi connectivity index (χ2v) is 25.4. The van der Waals surface area contributed by atoms with Gasteiger partial charge in [0.1, 0.15) is 0 Å². The van der Waals surface area contributed by atoms with E-state index in [0.29, 0.717) is 0 Å². The molecule has 1 aliphatic rings. The van der Waals surface area contributed by atoms with Crippen LogP contribution in [0.4, 0.5) is 11.4 Å². The molecule has 0 aliphatic carbocycles. The molecule has 0 saturated carbocycles. The first-order valence-corrected chi connectivity index (χ1v) is 31.7. The first-order valence-electron chi connectivity index (χ1n) is 28.4. The largest absolute Gasteiger partial charge is 0.486 e. The molecule has 0 unspecified atom stereocenters. The topological polar surface area (TPSA) is 44.9 Å². The molecule has 4 nitrogen and oxygen atoms in total. The highest BCUT2D eigenvalue weighted by molar-refractivity contribution is 7.29. The van der Waals surface area contributed by atoms with Gasteiger partial charge in [-0.25, -0.2) is 4.85 Å². The lowest BCUT2D eigenvalue weighted by Crippen LogP contribution is -2.33. The summed E-state index contributed by atoms with van der Waals surface area (Å²) in [6.07, 6.45) is 30.0. The summed E-state index contributed by atoms with van der Waals surface area (Å²) in [6, 6.07) is 26.5. The van der Waals surface area contributed by atoms with Crippen molar-refractivity contribution in [2.45, 2.75) is 208 Å². The summed E-state index contributed by atoms with van der Waals surface area (Å²) >= 11 is 7.66. The van der Waals surface area contributed by atoms with Crippen LogP contribution in [0.25, 0.3) is 50.6 Å². The van der Waals surface area contributed by atoms with Crippen molar-refractivity contribution in [1.29, 1.82) is 0 Å². The maximum absolute atomic E-state index is 12.1. The molecule has 73 heavy (non-hydrogen) atoms. The molecule has 0 radical (unpaired) electrons. The van der Waals surface area contributed by atoms with E-state index in [1.165, 1.54) is 194 Å². The lowest BCUT2D eigenvalue weighted by Gasteiger charge is -2.42. The molecule has 4 aromatic heterocycles. The molecular weight excluding hydrogens is 969 g/mol. The van der Waals surface area contributed by atoms with Crippen LogP contribution in [-0.4, -0.2) is 17.6 Å². The monoisotopic (exact) mass is 1050 g/mol. The van der Waals surface area contributed by atoms with Crippen LogP contribution in [0.3, 0.4) is 0 Å². The van der Waals surface area contributed by atoms with Crippen LogP contribution in [0.5, 0.6) is 0 Å². The number of carboxylic acid groups (broad SMARTS) is 1. The number of aliphatic carboxylic acids is 1. The molecule has 390 valence electrons. The summed E-state index contributed by atoms with van der Waals surface area (Å²) in [7, 11) is 0. The molecule has 0 bridgehead atoms. The van der Waals surface area contributed by atoms with Gasteiger partial charge in [0.05, 0.1) is 6.57 Å². The summed E-state index contributed by atoms with van der Waals surface area (Å²) in [5.74, 6) is -1.16. The average molecular weight is 1050 g/mol. The fourth-order valence-corrected chi connectivity index (χ4v) is 16.0. The van der Waals surface area contributed by atoms with Gasteiger partial charge in [-0.3, -0.25) is 4.79 Å². The van der Waals surface area contributed by atoms with Crippen LogP contribution in [0, 0.1) is 6.57 Å². The minimum atomic E-state index is -1.16. The molecule has 0 saturated heterocycles. The van der Waals surface area contributed by atoms with E-state index in [2.05, 4.69) is 125 Å². The van der Waals surface area contributed by atoms with Crippen molar-refractivity contribution in [2.75, 3.05) is 11.4 Å². The number of carboxylic acids is 1. The number of para-hydroxylation sites is 1. The van der Waals surface area contributed by atoms with Crippen LogP contribution in [0.1, 0.15) is 215 Å². The number of hydrogen-bond donors (Lipinski definition) is 1. The number of thiophene rings is 4. The summed E-state index contributed by atoms with van der Waals surface area (Å²) in [5, 5.41) is 9.91. The molecule has 8 heteroatoms. The predicted molar refractivity (Wildman–Crippen MR) is 323 cm³/mol. The number of anilines is 2. The van der Waals surface area contributed by atoms with Gasteiger partial charge in [-0.1, -0.05) is 169 Å². The zero-order valence-electron chi connectivity index (χ0n) is 45.5. The van der Waals surface area contributed by atoms with E-state index in [-0.39, 0.29) is 11.1 Å². The van der Waals surface area contributed by atoms with Gasteiger partial charge in [-0.05, 0) is 145 Å². The Bertz CT molecular complexity index is 2790. The van der Waals surface area contributed by atoms with Gasteiger partial charge in [0.2, 0.25) is 0 Å². The Balaban J connectivity index is 1.32. The molecule has 0 atom stereocenters. The fourth-order valence-electron chi connectivity index (χ4n) is 10.8. The highest BCUT2D eigenvalue weighted by atomic mass is 32.1. The van der Waals surface area contributed by atoms with Crippen molar-refractivity contribution in [3.05, 3.63) is 122 Å². The lowest BCUT2D eigenvalue weighted by molar-refractivity contribution is -0.132. The third-order valence-corrected chi connectivity index (χ3v) is 20.3. The third kappa shape index (κ3) is 14.2. The number of nitrogens with zero attached hydrogens (tertiary/aromatic N) is 2. The Labute approximate surface area is 456 Å². The van der Waals surface area contributed by atoms with Gasteiger partial charge in [0.15, 0.2) is 0 Å². The van der Waals surface area contributed by atoms with Crippen molar-refractivity contribution in [2.24, 2.45) is 0 Å². The Morgan fingerprint density at radius 2 is 0.973 bits per heavy atom. The predicted octanol–water partition coefficient (Wildman–Crippen LogP) is 21.8. The van der Waals surface area contributed by atoms with Gasteiger partial charge < -0.3 is 10.0 Å². The van der Waals surface area contributed by atoms with E-state index >= 15 is 0 Å². The molecule has 0 fully saturated rings. The summed E-state index contributed by atoms with van der Waals surface area (Å²) < 4.78 is 0. The van der Waals surface area contributed by atoms with Gasteiger partial charge in [-0.2, -0.15) is 0 Å². The first-order chi connectivity index (χ1) is 35.6. The quantitative estimate of drug-likeness (QED) is 0.0268. The number of carbonyl (C=O) groups is 1. The van der Waals surface area contributed by atoms with E-state index in [4.69, 9.17) is 6.57 Å². The Kier molecular flexibility index (Phi) is 21.7. The van der Waals surface area contributed by atoms with E-state index in [1.807, 2.05) is 34.0 Å². The highest BCUT2D eigenvalue weighted by Crippen LogP contribution is 2.53. The molecular formula is C65H84N2O2S4. The number of benzene rings is 2. The standard InChI is InChI=1S/C65H84N2O2S4/c1-9-14-19-24-31-46-41-58(70-57(46)45-53(66-8)64(68)69)61-49(33-26-21-16-11-3)43-60(72-61)63-50(34-27-22-17-12-4)44-59(73-63)62-48(32-25-20-15-10-2)42-56(71-62)47-37-38-55-52(40-47)65(6,7)51-35-28-29-36-54(51)67(55)39-30-23-18-13-5/h28-29,35-38,40-45H,9-27,30-34,39H2,1-7H3,(H,68,69)/b53-45-. The Morgan fingerprint density at radius 1 is 0.534 bits per heavy atom. The van der Waals surface area contributed by atoms with Crippen molar-refractivity contribution < 1.29 is 9.90 Å². The Hall–Kier alpha value is -4.26. The first kappa shape index (κ1) is 56.5. The number of hydrogen-bond acceptors (Lipinski definition) is 6. The van der Waals surface area contributed by atoms with Crippen LogP contribution < -0.4 is 4.90 Å². The molecule has 0 spiro atoms. The lowest BCUT2D eigenvalue weighted by atomic mass is 9.73. The maximum atomic E-state index is 12.1. The van der Waals surface area contributed by atoms with Crippen LogP contribution >= 0.6 is 45.3 Å². The molecule has 1 N–H and O–H groups in total. The molecule has 1 aliphatic heterocycles. The average Bonchev–Trinajstić information content (AvgIpc) is 4.21. The third-order valence-electron chi connectivity index (χ3n) is 15.1. The summed E-state index contributed by atoms with van der Waals surface area (Å²) in [4.78, 5) is 28.6. The number of rotatable bonds is 31. The van der Waals surface area contributed by atoms with E-state index in [9.17, 15) is 9.90 Å². The van der Waals surface area contributed by atoms with Crippen molar-refractivity contribution in [3.63, 3.8) is 0 Å². The number of unbranched alkanes of at least 4 members (excludes halogenated alkanes) is 15. The van der Waals surface area contributed by atoms with Crippen molar-refractivity contribution in [3.8, 4) is 39.7 Å². The minimum Gasteiger partial charge on any atom is -0.486 e. The zero-order chi connectivity index (χ0) is 51.7. The van der Waals surface area contributed by atoms with Gasteiger partial charge in [0, 0.05) is 62.4 Å². The SMILES string of the molecule is [C-]#[N+]/C(=C\c1sc(-c2sc(-c3sc(-c4sc(-c5ccc6c(c5)C(C)(C)c5ccccc5N6CCCCCC)cc4CCCCCC)cc3CCCCCC)cc2CCCCCC)cc1CCCCCC)C(=O)O. The molecule has 7 rings (SSSR count). The van der Waals surface area contributed by atoms with Gasteiger partial charge in [0.25, 0.3) is 5.70 Å². The van der Waals surface area contributed by atoms with E-state index in [0.717, 1.165) is 56.4 Å². The smallest absolute Gasteiger partial charge is 0.333 e. The van der Waals surface area contributed by atoms with Crippen LogP contribution in [0.15, 0.2) is 72.4 Å². The minimum absolute atomic E-state index is 0.120. The molecule has 0 amide bonds. The molecule has 2 aromatic carbocycles. The van der Waals surface area contributed by atoms with Gasteiger partial charge >= 0.3 is 5.97 Å². The number of fused-ring (bicyclic) bond motifs is 2. The van der Waals surface area contributed by atoms with Crippen LogP contribution in [-0.2, 0) is 35.9 Å². The van der Waals surface area contributed by atoms with Crippen molar-refractivity contribution >= 4 is 68.8 Å². The second kappa shape index (κ2) is 28.0. The second-order valence-electron chi connectivity index (χ2n) is 21.2. The fraction of sp³-hybridized carbons (Fsp3) is 0.508. The zero-order valence-corrected chi connectivity index (χ0v) is 48.8. The van der Waals surface area contributed by atoms with Gasteiger partial charge in [-0.15, -0.1) is 45.3 Å².